The van der Waals surface area contributed by atoms with Gasteiger partial charge in [-0.15, -0.1) is 0 Å². The molecular weight excluding hydrogens is 365 g/mol. The summed E-state index contributed by atoms with van der Waals surface area (Å²) >= 11 is 0. The molecule has 0 saturated heterocycles. The van der Waals surface area contributed by atoms with Crippen molar-refractivity contribution in [2.45, 2.75) is 19.2 Å². The van der Waals surface area contributed by atoms with Gasteiger partial charge in [-0.3, -0.25) is 4.90 Å². The first kappa shape index (κ1) is 18.6. The second kappa shape index (κ2) is 6.82. The van der Waals surface area contributed by atoms with E-state index in [1.54, 1.807) is 36.2 Å². The number of aliphatic carboxylic acids is 1. The zero-order valence-electron chi connectivity index (χ0n) is 14.3. The smallest absolute Gasteiger partial charge is 0.416 e. The molecule has 1 atom stereocenters. The van der Waals surface area contributed by atoms with Crippen molar-refractivity contribution in [3.8, 4) is 5.75 Å². The van der Waals surface area contributed by atoms with E-state index in [1.165, 1.54) is 13.0 Å². The van der Waals surface area contributed by atoms with Crippen molar-refractivity contribution >= 4 is 28.8 Å². The largest absolute Gasteiger partial charge is 0.479 e. The van der Waals surface area contributed by atoms with Crippen LogP contribution in [0.15, 0.2) is 46.9 Å². The summed E-state index contributed by atoms with van der Waals surface area (Å²) in [5.74, 6) is -0.713. The summed E-state index contributed by atoms with van der Waals surface area (Å²) in [6.45, 7) is 1.41. The fourth-order valence-corrected chi connectivity index (χ4v) is 2.35. The van der Waals surface area contributed by atoms with Gasteiger partial charge in [0.05, 0.1) is 5.56 Å². The minimum absolute atomic E-state index is 0.0990. The number of ether oxygens (including phenoxy) is 1. The third-order valence-electron chi connectivity index (χ3n) is 3.88. The molecule has 142 valence electrons. The standard InChI is InChI=1S/C18H15F3N2O4/c1-10(16(24)25)26-13-6-4-12(5-7-13)23(2)17-22-14-9-11(18(19,20)21)3-8-15(14)27-17/h3-10H,1-2H3,(H,24,25). The van der Waals surface area contributed by atoms with Crippen LogP contribution in [0.1, 0.15) is 12.5 Å². The lowest BCUT2D eigenvalue weighted by atomic mass is 10.2. The molecule has 3 rings (SSSR count). The van der Waals surface area contributed by atoms with Crippen molar-refractivity contribution in [2.75, 3.05) is 11.9 Å². The van der Waals surface area contributed by atoms with Crippen LogP contribution in [0.4, 0.5) is 24.9 Å². The Morgan fingerprint density at radius 2 is 1.89 bits per heavy atom. The Kier molecular flexibility index (Phi) is 4.69. The van der Waals surface area contributed by atoms with Crippen LogP contribution in [-0.4, -0.2) is 29.2 Å². The number of oxazole rings is 1. The SMILES string of the molecule is CC(Oc1ccc(N(C)c2nc3cc(C(F)(F)F)ccc3o2)cc1)C(=O)O. The second-order valence-electron chi connectivity index (χ2n) is 5.83. The highest BCUT2D eigenvalue weighted by atomic mass is 19.4. The molecule has 0 aliphatic heterocycles. The molecule has 0 aliphatic rings. The molecule has 1 N–H and O–H groups in total. The zero-order chi connectivity index (χ0) is 19.8. The van der Waals surface area contributed by atoms with E-state index in [0.717, 1.165) is 12.1 Å². The van der Waals surface area contributed by atoms with Gasteiger partial charge in [-0.1, -0.05) is 0 Å². The summed E-state index contributed by atoms with van der Waals surface area (Å²) < 4.78 is 49.2. The van der Waals surface area contributed by atoms with E-state index in [9.17, 15) is 18.0 Å². The van der Waals surface area contributed by atoms with Crippen LogP contribution in [-0.2, 0) is 11.0 Å². The third kappa shape index (κ3) is 3.97. The van der Waals surface area contributed by atoms with Crippen molar-refractivity contribution in [3.05, 3.63) is 48.0 Å². The molecule has 0 aliphatic carbocycles. The second-order valence-corrected chi connectivity index (χ2v) is 5.83. The van der Waals surface area contributed by atoms with Crippen LogP contribution < -0.4 is 9.64 Å². The van der Waals surface area contributed by atoms with E-state index in [2.05, 4.69) is 4.98 Å². The monoisotopic (exact) mass is 380 g/mol. The first-order valence-corrected chi connectivity index (χ1v) is 7.86. The van der Waals surface area contributed by atoms with Gasteiger partial charge in [0.15, 0.2) is 11.7 Å². The molecule has 0 bridgehead atoms. The van der Waals surface area contributed by atoms with E-state index in [-0.39, 0.29) is 17.1 Å². The van der Waals surface area contributed by atoms with Gasteiger partial charge in [0.25, 0.3) is 0 Å². The quantitative estimate of drug-likeness (QED) is 0.704. The Hall–Kier alpha value is -3.23. The Morgan fingerprint density at radius 1 is 1.22 bits per heavy atom. The molecule has 1 aromatic heterocycles. The molecule has 0 fully saturated rings. The molecule has 9 heteroatoms. The van der Waals surface area contributed by atoms with Crippen LogP contribution in [0.5, 0.6) is 5.75 Å². The first-order valence-electron chi connectivity index (χ1n) is 7.86. The molecule has 1 heterocycles. The molecule has 0 spiro atoms. The number of hydrogen-bond donors (Lipinski definition) is 1. The van der Waals surface area contributed by atoms with E-state index in [1.807, 2.05) is 0 Å². The zero-order valence-corrected chi connectivity index (χ0v) is 14.3. The molecule has 6 nitrogen and oxygen atoms in total. The summed E-state index contributed by atoms with van der Waals surface area (Å²) in [5.41, 5.74) is 0.168. The van der Waals surface area contributed by atoms with Crippen molar-refractivity contribution in [1.29, 1.82) is 0 Å². The number of carbonyl (C=O) groups is 1. The number of fused-ring (bicyclic) bond motifs is 1. The molecule has 0 amide bonds. The predicted molar refractivity (Wildman–Crippen MR) is 91.2 cm³/mol. The van der Waals surface area contributed by atoms with Gasteiger partial charge in [-0.05, 0) is 49.4 Å². The van der Waals surface area contributed by atoms with Gasteiger partial charge < -0.3 is 14.3 Å². The van der Waals surface area contributed by atoms with Crippen LogP contribution in [0.3, 0.4) is 0 Å². The normalized spacial score (nSPS) is 12.8. The van der Waals surface area contributed by atoms with Gasteiger partial charge in [-0.25, -0.2) is 4.79 Å². The number of anilines is 2. The number of carboxylic acid groups (broad SMARTS) is 1. The van der Waals surface area contributed by atoms with Crippen molar-refractivity contribution < 1.29 is 32.2 Å². The number of hydrogen-bond acceptors (Lipinski definition) is 5. The topological polar surface area (TPSA) is 75.8 Å². The van der Waals surface area contributed by atoms with Crippen molar-refractivity contribution in [1.82, 2.24) is 4.98 Å². The van der Waals surface area contributed by atoms with Crippen LogP contribution in [0, 0.1) is 0 Å². The lowest BCUT2D eigenvalue weighted by molar-refractivity contribution is -0.144. The number of nitrogens with zero attached hydrogens (tertiary/aromatic N) is 2. The minimum Gasteiger partial charge on any atom is -0.479 e. The molecule has 2 aromatic carbocycles. The average Bonchev–Trinajstić information content (AvgIpc) is 3.04. The molecule has 0 saturated carbocycles. The number of carboxylic acids is 1. The van der Waals surface area contributed by atoms with Gasteiger partial charge in [0, 0.05) is 12.7 Å². The maximum absolute atomic E-state index is 12.8. The Bertz CT molecular complexity index is 967. The number of alkyl halides is 3. The predicted octanol–water partition coefficient (Wildman–Crippen LogP) is 4.47. The highest BCUT2D eigenvalue weighted by Gasteiger charge is 2.31. The van der Waals surface area contributed by atoms with Crippen molar-refractivity contribution in [2.24, 2.45) is 0 Å². The molecule has 1 unspecified atom stereocenters. The summed E-state index contributed by atoms with van der Waals surface area (Å²) in [4.78, 5) is 16.5. The highest BCUT2D eigenvalue weighted by molar-refractivity contribution is 5.76. The van der Waals surface area contributed by atoms with Gasteiger partial charge in [-0.2, -0.15) is 18.2 Å². The Labute approximate surface area is 151 Å². The maximum atomic E-state index is 12.8. The first-order chi connectivity index (χ1) is 12.6. The summed E-state index contributed by atoms with van der Waals surface area (Å²) in [7, 11) is 1.64. The van der Waals surface area contributed by atoms with Gasteiger partial charge in [0.1, 0.15) is 11.3 Å². The lowest BCUT2D eigenvalue weighted by Gasteiger charge is -2.16. The maximum Gasteiger partial charge on any atom is 0.416 e. The van der Waals surface area contributed by atoms with Crippen LogP contribution >= 0.6 is 0 Å². The average molecular weight is 380 g/mol. The number of benzene rings is 2. The van der Waals surface area contributed by atoms with Crippen LogP contribution in [0.2, 0.25) is 0 Å². The van der Waals surface area contributed by atoms with E-state index in [4.69, 9.17) is 14.3 Å². The minimum atomic E-state index is -4.46. The number of halogens is 3. The van der Waals surface area contributed by atoms with Gasteiger partial charge >= 0.3 is 18.2 Å². The van der Waals surface area contributed by atoms with E-state index < -0.39 is 23.8 Å². The fourth-order valence-electron chi connectivity index (χ4n) is 2.35. The van der Waals surface area contributed by atoms with Crippen molar-refractivity contribution in [3.63, 3.8) is 0 Å². The van der Waals surface area contributed by atoms with Gasteiger partial charge in [0.2, 0.25) is 0 Å². The summed E-state index contributed by atoms with van der Waals surface area (Å²) in [6, 6.07) is 9.68. The van der Waals surface area contributed by atoms with E-state index >= 15 is 0 Å². The number of rotatable bonds is 5. The Balaban J connectivity index is 1.83. The summed E-state index contributed by atoms with van der Waals surface area (Å²) in [6.07, 6.45) is -5.45. The molecule has 3 aromatic rings. The fraction of sp³-hybridized carbons (Fsp3) is 0.222. The van der Waals surface area contributed by atoms with Crippen LogP contribution in [0.25, 0.3) is 11.1 Å². The molecule has 0 radical (unpaired) electrons. The number of aromatic nitrogens is 1. The highest BCUT2D eigenvalue weighted by Crippen LogP contribution is 2.33. The molecule has 27 heavy (non-hydrogen) atoms. The Morgan fingerprint density at radius 3 is 2.48 bits per heavy atom. The lowest BCUT2D eigenvalue weighted by Crippen LogP contribution is -2.22. The van der Waals surface area contributed by atoms with E-state index in [0.29, 0.717) is 11.4 Å². The third-order valence-corrected chi connectivity index (χ3v) is 3.88. The molecular formula is C18H15F3N2O4. The summed E-state index contributed by atoms with van der Waals surface area (Å²) in [5, 5.41) is 8.85.